The van der Waals surface area contributed by atoms with E-state index >= 15 is 0 Å². The summed E-state index contributed by atoms with van der Waals surface area (Å²) >= 11 is 5.44. The fourth-order valence-electron chi connectivity index (χ4n) is 0.886. The van der Waals surface area contributed by atoms with E-state index in [1.54, 1.807) is 0 Å². The number of aliphatic imine (C=N–C) groups is 1. The van der Waals surface area contributed by atoms with Crippen molar-refractivity contribution in [2.24, 2.45) is 10.9 Å². The second kappa shape index (κ2) is 3.18. The van der Waals surface area contributed by atoms with Gasteiger partial charge in [0.25, 0.3) is 0 Å². The quantitative estimate of drug-likeness (QED) is 0.694. The third-order valence-electron chi connectivity index (χ3n) is 1.46. The molecule has 1 aliphatic rings. The van der Waals surface area contributed by atoms with Crippen molar-refractivity contribution in [1.29, 1.82) is 0 Å². The zero-order chi connectivity index (χ0) is 9.35. The van der Waals surface area contributed by atoms with Crippen molar-refractivity contribution in [2.45, 2.75) is 20.3 Å². The summed E-state index contributed by atoms with van der Waals surface area (Å²) in [5, 5.41) is 0.183. The van der Waals surface area contributed by atoms with E-state index < -0.39 is 9.84 Å². The van der Waals surface area contributed by atoms with E-state index in [0.29, 0.717) is 6.42 Å². The molecule has 1 rings (SSSR count). The van der Waals surface area contributed by atoms with Crippen LogP contribution in [0.15, 0.2) is 15.6 Å². The molecule has 0 saturated carbocycles. The molecule has 0 spiro atoms. The molecule has 0 atom stereocenters. The van der Waals surface area contributed by atoms with E-state index in [9.17, 15) is 8.42 Å². The van der Waals surface area contributed by atoms with Crippen LogP contribution in [0.4, 0.5) is 0 Å². The Bertz CT molecular complexity index is 340. The van der Waals surface area contributed by atoms with Gasteiger partial charge in [-0.2, -0.15) is 0 Å². The molecule has 5 heteroatoms. The van der Waals surface area contributed by atoms with Crippen LogP contribution in [0, 0.1) is 5.92 Å². The SMILES string of the molecule is CC(C)CC1=NC=C(Cl)S1(=O)=O. The molecule has 0 unspecified atom stereocenters. The second-order valence-electron chi connectivity index (χ2n) is 3.06. The van der Waals surface area contributed by atoms with E-state index in [-0.39, 0.29) is 15.3 Å². The van der Waals surface area contributed by atoms with Crippen molar-refractivity contribution >= 4 is 26.5 Å². The summed E-state index contributed by atoms with van der Waals surface area (Å²) in [5.41, 5.74) is 0. The fraction of sp³-hybridized carbons (Fsp3) is 0.571. The van der Waals surface area contributed by atoms with E-state index in [1.165, 1.54) is 6.20 Å². The van der Waals surface area contributed by atoms with E-state index in [0.717, 1.165) is 0 Å². The molecule has 0 amide bonds. The Morgan fingerprint density at radius 3 is 2.50 bits per heavy atom. The molecule has 0 radical (unpaired) electrons. The van der Waals surface area contributed by atoms with Crippen molar-refractivity contribution in [3.63, 3.8) is 0 Å². The van der Waals surface area contributed by atoms with Gasteiger partial charge >= 0.3 is 0 Å². The highest BCUT2D eigenvalue weighted by Gasteiger charge is 2.28. The van der Waals surface area contributed by atoms with Gasteiger partial charge < -0.3 is 0 Å². The van der Waals surface area contributed by atoms with Gasteiger partial charge in [-0.1, -0.05) is 25.4 Å². The lowest BCUT2D eigenvalue weighted by Crippen LogP contribution is -2.13. The minimum absolute atomic E-state index is 0.168. The first-order valence-corrected chi connectivity index (χ1v) is 5.48. The Labute approximate surface area is 77.1 Å². The Balaban J connectivity index is 2.88. The summed E-state index contributed by atoms with van der Waals surface area (Å²) in [6.07, 6.45) is 1.64. The van der Waals surface area contributed by atoms with Crippen LogP contribution >= 0.6 is 11.6 Å². The van der Waals surface area contributed by atoms with E-state index in [2.05, 4.69) is 4.99 Å². The standard InChI is InChI=1S/C7H10ClNO2S/c1-5(2)3-7-9-4-6(8)12(7,10)11/h4-5H,3H2,1-2H3. The normalized spacial score (nSPS) is 21.0. The van der Waals surface area contributed by atoms with Crippen LogP contribution in [0.2, 0.25) is 0 Å². The maximum Gasteiger partial charge on any atom is 0.232 e. The van der Waals surface area contributed by atoms with Gasteiger partial charge in [-0.25, -0.2) is 13.4 Å². The summed E-state index contributed by atoms with van der Waals surface area (Å²) in [6.45, 7) is 3.87. The summed E-state index contributed by atoms with van der Waals surface area (Å²) in [6, 6.07) is 0. The number of rotatable bonds is 2. The highest BCUT2D eigenvalue weighted by molar-refractivity contribution is 8.11. The minimum atomic E-state index is -3.38. The lowest BCUT2D eigenvalue weighted by molar-refractivity contribution is 0.611. The van der Waals surface area contributed by atoms with E-state index in [1.807, 2.05) is 13.8 Å². The maximum atomic E-state index is 11.3. The zero-order valence-corrected chi connectivity index (χ0v) is 8.48. The number of halogens is 1. The molecule has 1 aliphatic heterocycles. The Kier molecular flexibility index (Phi) is 2.58. The Morgan fingerprint density at radius 2 is 2.17 bits per heavy atom. The second-order valence-corrected chi connectivity index (χ2v) is 5.61. The van der Waals surface area contributed by atoms with Crippen molar-refractivity contribution in [3.8, 4) is 0 Å². The topological polar surface area (TPSA) is 46.5 Å². The molecule has 0 aromatic carbocycles. The number of hydrogen-bond acceptors (Lipinski definition) is 3. The summed E-state index contributed by atoms with van der Waals surface area (Å²) in [5.74, 6) is 0.273. The first-order valence-electron chi connectivity index (χ1n) is 3.62. The van der Waals surface area contributed by atoms with Crippen molar-refractivity contribution in [2.75, 3.05) is 0 Å². The van der Waals surface area contributed by atoms with Gasteiger partial charge in [0, 0.05) is 6.42 Å². The third-order valence-corrected chi connectivity index (χ3v) is 3.68. The smallest absolute Gasteiger partial charge is 0.232 e. The molecule has 0 fully saturated rings. The molecule has 0 N–H and O–H groups in total. The first-order chi connectivity index (χ1) is 5.44. The summed E-state index contributed by atoms with van der Waals surface area (Å²) in [4.78, 5) is 3.74. The zero-order valence-electron chi connectivity index (χ0n) is 6.91. The first kappa shape index (κ1) is 9.74. The number of hydrogen-bond donors (Lipinski definition) is 0. The van der Waals surface area contributed by atoms with Gasteiger partial charge in [0.2, 0.25) is 9.84 Å². The lowest BCUT2D eigenvalue weighted by Gasteiger charge is -2.03. The molecular weight excluding hydrogens is 198 g/mol. The monoisotopic (exact) mass is 207 g/mol. The maximum absolute atomic E-state index is 11.3. The molecule has 1 heterocycles. The van der Waals surface area contributed by atoms with Crippen LogP contribution in [-0.4, -0.2) is 13.5 Å². The lowest BCUT2D eigenvalue weighted by atomic mass is 10.1. The minimum Gasteiger partial charge on any atom is -0.246 e. The summed E-state index contributed by atoms with van der Waals surface area (Å²) in [7, 11) is -3.38. The molecule has 0 saturated heterocycles. The van der Waals surface area contributed by atoms with Crippen LogP contribution < -0.4 is 0 Å². The number of sulfone groups is 1. The van der Waals surface area contributed by atoms with Gasteiger partial charge in [-0.3, -0.25) is 0 Å². The van der Waals surface area contributed by atoms with Gasteiger partial charge in [-0.15, -0.1) is 0 Å². The van der Waals surface area contributed by atoms with Crippen molar-refractivity contribution < 1.29 is 8.42 Å². The largest absolute Gasteiger partial charge is 0.246 e. The van der Waals surface area contributed by atoms with Crippen LogP contribution in [0.1, 0.15) is 20.3 Å². The predicted octanol–water partition coefficient (Wildman–Crippen LogP) is 1.90. The van der Waals surface area contributed by atoms with Gasteiger partial charge in [-0.05, 0) is 5.92 Å². The van der Waals surface area contributed by atoms with Crippen molar-refractivity contribution in [1.82, 2.24) is 0 Å². The molecule has 0 bridgehead atoms. The molecule has 0 aromatic rings. The number of nitrogens with zero attached hydrogens (tertiary/aromatic N) is 1. The van der Waals surface area contributed by atoms with Crippen LogP contribution in [0.3, 0.4) is 0 Å². The fourth-order valence-corrected chi connectivity index (χ4v) is 2.36. The van der Waals surface area contributed by atoms with Gasteiger partial charge in [0.05, 0.1) is 6.20 Å². The van der Waals surface area contributed by atoms with Crippen molar-refractivity contribution in [3.05, 3.63) is 10.6 Å². The van der Waals surface area contributed by atoms with E-state index in [4.69, 9.17) is 11.6 Å². The molecule has 0 aromatic heterocycles. The molecule has 3 nitrogen and oxygen atoms in total. The Hall–Kier alpha value is -0.350. The highest BCUT2D eigenvalue weighted by atomic mass is 35.5. The van der Waals surface area contributed by atoms with Gasteiger partial charge in [0.1, 0.15) is 5.04 Å². The average Bonchev–Trinajstić information content (AvgIpc) is 2.15. The molecule has 12 heavy (non-hydrogen) atoms. The third kappa shape index (κ3) is 1.69. The summed E-state index contributed by atoms with van der Waals surface area (Å²) < 4.78 is 22.4. The highest BCUT2D eigenvalue weighted by Crippen LogP contribution is 2.23. The molecule has 68 valence electrons. The predicted molar refractivity (Wildman–Crippen MR) is 49.7 cm³/mol. The van der Waals surface area contributed by atoms with Crippen LogP contribution in [0.25, 0.3) is 0 Å². The van der Waals surface area contributed by atoms with Crippen LogP contribution in [-0.2, 0) is 9.84 Å². The average molecular weight is 208 g/mol. The van der Waals surface area contributed by atoms with Gasteiger partial charge in [0.15, 0.2) is 4.36 Å². The Morgan fingerprint density at radius 1 is 1.58 bits per heavy atom. The molecule has 0 aliphatic carbocycles. The van der Waals surface area contributed by atoms with Crippen LogP contribution in [0.5, 0.6) is 0 Å². The molecular formula is C7H10ClNO2S.